The maximum Gasteiger partial charge on any atom is 0.0548 e. The third-order valence-electron chi connectivity index (χ3n) is 2.20. The summed E-state index contributed by atoms with van der Waals surface area (Å²) < 4.78 is 0.915. The highest BCUT2D eigenvalue weighted by molar-refractivity contribution is 9.10. The van der Waals surface area contributed by atoms with E-state index in [1.54, 1.807) is 0 Å². The predicted molar refractivity (Wildman–Crippen MR) is 67.2 cm³/mol. The van der Waals surface area contributed by atoms with Gasteiger partial charge in [0.05, 0.1) is 5.02 Å². The van der Waals surface area contributed by atoms with Gasteiger partial charge < -0.3 is 10.4 Å². The molecule has 0 bridgehead atoms. The van der Waals surface area contributed by atoms with E-state index >= 15 is 0 Å². The van der Waals surface area contributed by atoms with Gasteiger partial charge in [0.1, 0.15) is 0 Å². The molecule has 0 aliphatic carbocycles. The number of benzene rings is 1. The third kappa shape index (κ3) is 4.51. The summed E-state index contributed by atoms with van der Waals surface area (Å²) in [4.78, 5) is 0. The van der Waals surface area contributed by atoms with Crippen LogP contribution in [0.1, 0.15) is 18.9 Å². The van der Waals surface area contributed by atoms with Crippen molar-refractivity contribution < 1.29 is 5.11 Å². The van der Waals surface area contributed by atoms with Gasteiger partial charge in [-0.05, 0) is 47.0 Å². The van der Waals surface area contributed by atoms with Gasteiger partial charge in [-0.25, -0.2) is 0 Å². The Morgan fingerprint density at radius 2 is 2.27 bits per heavy atom. The van der Waals surface area contributed by atoms with Crippen LogP contribution in [-0.2, 0) is 6.54 Å². The van der Waals surface area contributed by atoms with Crippen molar-refractivity contribution in [3.63, 3.8) is 0 Å². The Morgan fingerprint density at radius 3 is 2.87 bits per heavy atom. The summed E-state index contributed by atoms with van der Waals surface area (Å²) in [5.74, 6) is 0. The Hall–Kier alpha value is -0.0900. The molecule has 0 unspecified atom stereocenters. The Balaban J connectivity index is 2.47. The van der Waals surface area contributed by atoms with Gasteiger partial charge in [0.2, 0.25) is 0 Å². The lowest BCUT2D eigenvalue weighted by atomic mass is 10.2. The van der Waals surface area contributed by atoms with Crippen molar-refractivity contribution >= 4 is 27.5 Å². The minimum atomic E-state index is 0.221. The van der Waals surface area contributed by atoms with Crippen LogP contribution in [0.5, 0.6) is 0 Å². The Bertz CT molecular complexity index is 319. The molecule has 0 aliphatic rings. The molecule has 1 atom stereocenters. The summed E-state index contributed by atoms with van der Waals surface area (Å²) in [5.41, 5.74) is 1.18. The first-order valence-corrected chi connectivity index (χ1v) is 6.08. The minimum absolute atomic E-state index is 0.221. The lowest BCUT2D eigenvalue weighted by Gasteiger charge is -2.12. The summed E-state index contributed by atoms with van der Waals surface area (Å²) in [7, 11) is 0. The number of hydrogen-bond acceptors (Lipinski definition) is 2. The molecule has 0 fully saturated rings. The van der Waals surface area contributed by atoms with Crippen LogP contribution >= 0.6 is 27.5 Å². The van der Waals surface area contributed by atoms with Crippen LogP contribution in [0, 0.1) is 0 Å². The average Bonchev–Trinajstić information content (AvgIpc) is 2.20. The van der Waals surface area contributed by atoms with E-state index in [9.17, 15) is 0 Å². The zero-order chi connectivity index (χ0) is 11.3. The Kier molecular flexibility index (Phi) is 5.61. The predicted octanol–water partition coefficient (Wildman–Crippen LogP) is 2.96. The Labute approximate surface area is 104 Å². The lowest BCUT2D eigenvalue weighted by molar-refractivity contribution is 0.268. The van der Waals surface area contributed by atoms with E-state index in [2.05, 4.69) is 28.2 Å². The first-order chi connectivity index (χ1) is 7.13. The van der Waals surface area contributed by atoms with E-state index in [-0.39, 0.29) is 6.61 Å². The van der Waals surface area contributed by atoms with Crippen LogP contribution in [0.15, 0.2) is 22.7 Å². The summed E-state index contributed by atoms with van der Waals surface area (Å²) in [5, 5.41) is 12.8. The molecule has 0 spiro atoms. The monoisotopic (exact) mass is 291 g/mol. The fourth-order valence-corrected chi connectivity index (χ4v) is 1.78. The van der Waals surface area contributed by atoms with Gasteiger partial charge in [0, 0.05) is 23.7 Å². The lowest BCUT2D eigenvalue weighted by Crippen LogP contribution is -2.26. The highest BCUT2D eigenvalue weighted by atomic mass is 79.9. The number of aliphatic hydroxyl groups excluding tert-OH is 1. The fourth-order valence-electron chi connectivity index (χ4n) is 1.24. The average molecular weight is 293 g/mol. The van der Waals surface area contributed by atoms with Gasteiger partial charge in [-0.2, -0.15) is 0 Å². The number of halogens is 2. The standard InChI is InChI=1S/C11H15BrClNO/c1-8(4-5-15)14-7-9-2-3-11(13)10(12)6-9/h2-3,6,8,14-15H,4-5,7H2,1H3/t8-/m1/s1. The van der Waals surface area contributed by atoms with Crippen LogP contribution in [0.25, 0.3) is 0 Å². The molecule has 1 aromatic rings. The van der Waals surface area contributed by atoms with Crippen molar-refractivity contribution in [1.29, 1.82) is 0 Å². The van der Waals surface area contributed by atoms with Crippen molar-refractivity contribution in [2.75, 3.05) is 6.61 Å². The number of aliphatic hydroxyl groups is 1. The second-order valence-corrected chi connectivity index (χ2v) is 4.80. The molecule has 0 saturated carbocycles. The van der Waals surface area contributed by atoms with E-state index in [0.29, 0.717) is 6.04 Å². The van der Waals surface area contributed by atoms with E-state index < -0.39 is 0 Å². The quantitative estimate of drug-likeness (QED) is 0.874. The summed E-state index contributed by atoms with van der Waals surface area (Å²) in [6.07, 6.45) is 0.773. The molecular weight excluding hydrogens is 277 g/mol. The molecule has 2 N–H and O–H groups in total. The van der Waals surface area contributed by atoms with Crippen molar-refractivity contribution in [2.24, 2.45) is 0 Å². The second kappa shape index (κ2) is 6.48. The molecule has 15 heavy (non-hydrogen) atoms. The molecule has 4 heteroatoms. The third-order valence-corrected chi connectivity index (χ3v) is 3.41. The summed E-state index contributed by atoms with van der Waals surface area (Å²) in [6, 6.07) is 6.19. The number of rotatable bonds is 5. The molecule has 0 saturated heterocycles. The topological polar surface area (TPSA) is 32.3 Å². The number of nitrogens with one attached hydrogen (secondary N) is 1. The van der Waals surface area contributed by atoms with E-state index in [1.807, 2.05) is 18.2 Å². The van der Waals surface area contributed by atoms with Crippen molar-refractivity contribution in [2.45, 2.75) is 25.9 Å². The van der Waals surface area contributed by atoms with Gasteiger partial charge in [-0.3, -0.25) is 0 Å². The van der Waals surface area contributed by atoms with Crippen LogP contribution in [0.2, 0.25) is 5.02 Å². The highest BCUT2D eigenvalue weighted by Gasteiger charge is 2.02. The number of hydrogen-bond donors (Lipinski definition) is 2. The molecule has 0 heterocycles. The normalized spacial score (nSPS) is 12.8. The summed E-state index contributed by atoms with van der Waals surface area (Å²) >= 11 is 9.28. The maximum atomic E-state index is 8.75. The maximum absolute atomic E-state index is 8.75. The molecule has 0 amide bonds. The molecule has 0 aromatic heterocycles. The zero-order valence-electron chi connectivity index (χ0n) is 8.63. The second-order valence-electron chi connectivity index (χ2n) is 3.54. The van der Waals surface area contributed by atoms with Crippen molar-refractivity contribution in [3.8, 4) is 0 Å². The summed E-state index contributed by atoms with van der Waals surface area (Å²) in [6.45, 7) is 3.07. The van der Waals surface area contributed by atoms with Crippen molar-refractivity contribution in [1.82, 2.24) is 5.32 Å². The molecule has 1 aromatic carbocycles. The van der Waals surface area contributed by atoms with E-state index in [0.717, 1.165) is 22.5 Å². The molecule has 0 aliphatic heterocycles. The molecule has 2 nitrogen and oxygen atoms in total. The van der Waals surface area contributed by atoms with Gasteiger partial charge >= 0.3 is 0 Å². The van der Waals surface area contributed by atoms with Crippen LogP contribution in [0.4, 0.5) is 0 Å². The largest absolute Gasteiger partial charge is 0.396 e. The van der Waals surface area contributed by atoms with Crippen molar-refractivity contribution in [3.05, 3.63) is 33.3 Å². The van der Waals surface area contributed by atoms with E-state index in [4.69, 9.17) is 16.7 Å². The van der Waals surface area contributed by atoms with Gasteiger partial charge in [0.15, 0.2) is 0 Å². The van der Waals surface area contributed by atoms with Gasteiger partial charge in [0.25, 0.3) is 0 Å². The van der Waals surface area contributed by atoms with Gasteiger partial charge in [-0.1, -0.05) is 17.7 Å². The fraction of sp³-hybridized carbons (Fsp3) is 0.455. The van der Waals surface area contributed by atoms with Crippen LogP contribution < -0.4 is 5.32 Å². The van der Waals surface area contributed by atoms with E-state index in [1.165, 1.54) is 5.56 Å². The van der Waals surface area contributed by atoms with Crippen LogP contribution in [-0.4, -0.2) is 17.8 Å². The minimum Gasteiger partial charge on any atom is -0.396 e. The molecule has 0 radical (unpaired) electrons. The Morgan fingerprint density at radius 1 is 1.53 bits per heavy atom. The molecule has 84 valence electrons. The highest BCUT2D eigenvalue weighted by Crippen LogP contribution is 2.23. The first-order valence-electron chi connectivity index (χ1n) is 4.91. The molecular formula is C11H15BrClNO. The smallest absolute Gasteiger partial charge is 0.0548 e. The first kappa shape index (κ1) is 13.0. The van der Waals surface area contributed by atoms with Crippen LogP contribution in [0.3, 0.4) is 0 Å². The SMILES string of the molecule is C[C@H](CCO)NCc1ccc(Cl)c(Br)c1. The molecule has 1 rings (SSSR count). The van der Waals surface area contributed by atoms with Gasteiger partial charge in [-0.15, -0.1) is 0 Å². The zero-order valence-corrected chi connectivity index (χ0v) is 11.0.